The van der Waals surface area contributed by atoms with Crippen LogP contribution in [0.3, 0.4) is 0 Å². The van der Waals surface area contributed by atoms with E-state index < -0.39 is 5.97 Å². The van der Waals surface area contributed by atoms with Crippen LogP contribution in [0.5, 0.6) is 0 Å². The first-order valence-corrected chi connectivity index (χ1v) is 9.92. The van der Waals surface area contributed by atoms with Gasteiger partial charge in [0.1, 0.15) is 0 Å². The number of benzene rings is 3. The maximum atomic E-state index is 12.2. The fourth-order valence-electron chi connectivity index (χ4n) is 3.53. The van der Waals surface area contributed by atoms with Crippen molar-refractivity contribution in [3.05, 3.63) is 96.3 Å². The summed E-state index contributed by atoms with van der Waals surface area (Å²) in [6, 6.07) is 23.9. The number of nitrogens with zero attached hydrogens (tertiary/aromatic N) is 2. The quantitative estimate of drug-likeness (QED) is 0.417. The van der Waals surface area contributed by atoms with E-state index in [0.29, 0.717) is 17.7 Å². The maximum Gasteiger partial charge on any atom is 0.319 e. The summed E-state index contributed by atoms with van der Waals surface area (Å²) in [5, 5.41) is 15.0. The largest absolute Gasteiger partial charge is 0.481 e. The van der Waals surface area contributed by atoms with Crippen molar-refractivity contribution in [1.82, 2.24) is 14.9 Å². The summed E-state index contributed by atoms with van der Waals surface area (Å²) < 4.78 is 1.86. The fourth-order valence-corrected chi connectivity index (χ4v) is 3.53. The Bertz CT molecular complexity index is 1190. The molecule has 7 nitrogen and oxygen atoms in total. The molecule has 3 N–H and O–H groups in total. The number of amides is 2. The highest BCUT2D eigenvalue weighted by Crippen LogP contribution is 2.28. The average molecular weight is 414 g/mol. The Labute approximate surface area is 179 Å². The molecule has 0 radical (unpaired) electrons. The van der Waals surface area contributed by atoms with E-state index in [9.17, 15) is 14.7 Å². The molecule has 0 aliphatic heterocycles. The van der Waals surface area contributed by atoms with Crippen LogP contribution in [0.15, 0.2) is 85.2 Å². The number of carbonyl (C=O) groups is 2. The lowest BCUT2D eigenvalue weighted by molar-refractivity contribution is -0.137. The second-order valence-electron chi connectivity index (χ2n) is 7.17. The Morgan fingerprint density at radius 1 is 0.968 bits per heavy atom. The van der Waals surface area contributed by atoms with Gasteiger partial charge in [0.05, 0.1) is 29.8 Å². The number of anilines is 1. The van der Waals surface area contributed by atoms with Crippen LogP contribution < -0.4 is 10.6 Å². The first-order chi connectivity index (χ1) is 15.1. The molecule has 1 unspecified atom stereocenters. The van der Waals surface area contributed by atoms with Gasteiger partial charge in [0.25, 0.3) is 0 Å². The van der Waals surface area contributed by atoms with E-state index in [0.717, 1.165) is 16.6 Å². The van der Waals surface area contributed by atoms with Gasteiger partial charge in [-0.1, -0.05) is 60.7 Å². The van der Waals surface area contributed by atoms with Crippen molar-refractivity contribution in [2.24, 2.45) is 0 Å². The lowest BCUT2D eigenvalue weighted by atomic mass is 10.0. The lowest BCUT2D eigenvalue weighted by Gasteiger charge is -2.18. The van der Waals surface area contributed by atoms with E-state index >= 15 is 0 Å². The second kappa shape index (κ2) is 9.13. The van der Waals surface area contributed by atoms with E-state index in [1.165, 1.54) is 0 Å². The molecule has 3 aromatic carbocycles. The van der Waals surface area contributed by atoms with E-state index in [1.807, 2.05) is 71.3 Å². The topological polar surface area (TPSA) is 96.2 Å². The molecule has 0 bridgehead atoms. The van der Waals surface area contributed by atoms with Crippen molar-refractivity contribution in [3.8, 4) is 0 Å². The molecule has 0 aliphatic rings. The van der Waals surface area contributed by atoms with Crippen LogP contribution in [0.2, 0.25) is 0 Å². The molecule has 0 fully saturated rings. The number of nitrogens with one attached hydrogen (secondary N) is 2. The molecular formula is C24H22N4O3. The van der Waals surface area contributed by atoms with Crippen molar-refractivity contribution in [3.63, 3.8) is 0 Å². The minimum Gasteiger partial charge on any atom is -0.481 e. The molecule has 1 heterocycles. The number of aromatic nitrogens is 2. The summed E-state index contributed by atoms with van der Waals surface area (Å²) in [4.78, 5) is 28.1. The van der Waals surface area contributed by atoms with Gasteiger partial charge in [0.15, 0.2) is 0 Å². The summed E-state index contributed by atoms with van der Waals surface area (Å²) in [6.07, 6.45) is 1.59. The van der Waals surface area contributed by atoms with Gasteiger partial charge in [-0.05, 0) is 29.3 Å². The highest BCUT2D eigenvalue weighted by Gasteiger charge is 2.19. The number of carboxylic acids is 1. The van der Waals surface area contributed by atoms with Gasteiger partial charge in [-0.2, -0.15) is 0 Å². The Kier molecular flexibility index (Phi) is 5.93. The number of imidazole rings is 1. The first-order valence-electron chi connectivity index (χ1n) is 9.92. The van der Waals surface area contributed by atoms with Crippen LogP contribution in [0.4, 0.5) is 10.5 Å². The molecule has 7 heteroatoms. The van der Waals surface area contributed by atoms with Gasteiger partial charge in [-0.25, -0.2) is 9.78 Å². The summed E-state index contributed by atoms with van der Waals surface area (Å²) in [5.74, 6) is -0.885. The minimum atomic E-state index is -0.885. The number of aliphatic carboxylic acids is 1. The van der Waals surface area contributed by atoms with Crippen LogP contribution in [-0.4, -0.2) is 26.7 Å². The maximum absolute atomic E-state index is 12.2. The molecule has 0 saturated carbocycles. The number of hydrogen-bond acceptors (Lipinski definition) is 3. The molecule has 1 aromatic heterocycles. The van der Waals surface area contributed by atoms with Crippen molar-refractivity contribution in [2.45, 2.75) is 19.0 Å². The minimum absolute atomic E-state index is 0.0582. The van der Waals surface area contributed by atoms with Gasteiger partial charge in [0.2, 0.25) is 0 Å². The molecule has 31 heavy (non-hydrogen) atoms. The number of urea groups is 1. The smallest absolute Gasteiger partial charge is 0.319 e. The third kappa shape index (κ3) is 4.90. The van der Waals surface area contributed by atoms with Gasteiger partial charge in [-0.15, -0.1) is 0 Å². The van der Waals surface area contributed by atoms with Crippen LogP contribution in [0, 0.1) is 0 Å². The number of carboxylic acid groups (broad SMARTS) is 1. The highest BCUT2D eigenvalue weighted by atomic mass is 16.4. The monoisotopic (exact) mass is 414 g/mol. The van der Waals surface area contributed by atoms with Crippen molar-refractivity contribution in [2.75, 3.05) is 5.32 Å². The SMILES string of the molecule is O=C(O)CC(c1ccccc1)n1cnc2cc(NC(=O)NCc3ccccc3)ccc21. The Morgan fingerprint density at radius 3 is 2.39 bits per heavy atom. The third-order valence-corrected chi connectivity index (χ3v) is 5.02. The number of rotatable bonds is 7. The van der Waals surface area contributed by atoms with Crippen LogP contribution in [-0.2, 0) is 11.3 Å². The summed E-state index contributed by atoms with van der Waals surface area (Å²) >= 11 is 0. The Morgan fingerprint density at radius 2 is 1.68 bits per heavy atom. The molecule has 0 spiro atoms. The lowest BCUT2D eigenvalue weighted by Crippen LogP contribution is -2.28. The van der Waals surface area contributed by atoms with E-state index in [4.69, 9.17) is 0 Å². The zero-order valence-corrected chi connectivity index (χ0v) is 16.7. The zero-order valence-electron chi connectivity index (χ0n) is 16.7. The Balaban J connectivity index is 1.52. The average Bonchev–Trinajstić information content (AvgIpc) is 3.20. The normalized spacial score (nSPS) is 11.7. The molecule has 156 valence electrons. The highest BCUT2D eigenvalue weighted by molar-refractivity contribution is 5.92. The molecular weight excluding hydrogens is 392 g/mol. The zero-order chi connectivity index (χ0) is 21.6. The molecule has 0 aliphatic carbocycles. The number of hydrogen-bond donors (Lipinski definition) is 3. The van der Waals surface area contributed by atoms with Gasteiger partial charge in [0, 0.05) is 12.2 Å². The third-order valence-electron chi connectivity index (χ3n) is 5.02. The van der Waals surface area contributed by atoms with E-state index in [-0.39, 0.29) is 18.5 Å². The van der Waals surface area contributed by atoms with Crippen molar-refractivity contribution < 1.29 is 14.7 Å². The molecule has 1 atom stereocenters. The number of fused-ring (bicyclic) bond motifs is 1. The summed E-state index contributed by atoms with van der Waals surface area (Å²) in [7, 11) is 0. The van der Waals surface area contributed by atoms with Crippen LogP contribution >= 0.6 is 0 Å². The predicted octanol–water partition coefficient (Wildman–Crippen LogP) is 4.42. The van der Waals surface area contributed by atoms with E-state index in [2.05, 4.69) is 15.6 Å². The molecule has 4 rings (SSSR count). The van der Waals surface area contributed by atoms with Crippen LogP contribution in [0.25, 0.3) is 11.0 Å². The molecule has 4 aromatic rings. The van der Waals surface area contributed by atoms with Crippen molar-refractivity contribution >= 4 is 28.7 Å². The van der Waals surface area contributed by atoms with Gasteiger partial charge in [-0.3, -0.25) is 4.79 Å². The van der Waals surface area contributed by atoms with Gasteiger partial charge >= 0.3 is 12.0 Å². The summed E-state index contributed by atoms with van der Waals surface area (Å²) in [5.41, 5.74) is 3.99. The standard InChI is InChI=1S/C24H22N4O3/c29-23(30)14-22(18-9-5-2-6-10-18)28-16-26-20-13-19(11-12-21(20)28)27-24(31)25-15-17-7-3-1-4-8-17/h1-13,16,22H,14-15H2,(H,29,30)(H2,25,27,31). The van der Waals surface area contributed by atoms with Gasteiger partial charge < -0.3 is 20.3 Å². The second-order valence-corrected chi connectivity index (χ2v) is 7.17. The van der Waals surface area contributed by atoms with E-state index in [1.54, 1.807) is 18.5 Å². The predicted molar refractivity (Wildman–Crippen MR) is 119 cm³/mol. The molecule has 0 saturated heterocycles. The fraction of sp³-hybridized carbons (Fsp3) is 0.125. The van der Waals surface area contributed by atoms with Crippen molar-refractivity contribution in [1.29, 1.82) is 0 Å². The first kappa shape index (κ1) is 20.2. The number of carbonyl (C=O) groups excluding carboxylic acids is 1. The summed E-state index contributed by atoms with van der Waals surface area (Å²) in [6.45, 7) is 0.428. The Hall–Kier alpha value is -4.13. The molecule has 2 amide bonds. The van der Waals surface area contributed by atoms with Crippen LogP contribution in [0.1, 0.15) is 23.6 Å².